The number of carbonyl (C=O) groups is 3. The van der Waals surface area contributed by atoms with Crippen molar-refractivity contribution in [3.63, 3.8) is 0 Å². The molecule has 5 unspecified atom stereocenters. The van der Waals surface area contributed by atoms with Crippen molar-refractivity contribution >= 4 is 45.8 Å². The summed E-state index contributed by atoms with van der Waals surface area (Å²) in [5, 5.41) is 12.0. The number of halogens is 1. The monoisotopic (exact) mass is 442 g/mol. The third kappa shape index (κ3) is 3.06. The zero-order valence-electron chi connectivity index (χ0n) is 16.1. The number of nitrogens with zero attached hydrogens (tertiary/aromatic N) is 3. The third-order valence-electron chi connectivity index (χ3n) is 6.23. The summed E-state index contributed by atoms with van der Waals surface area (Å²) < 4.78 is 0. The molecule has 0 radical (unpaired) electrons. The SMILES string of the molecule is Cc1nnc(NC(=O)CC(c2ccccc2Cl)N2C(=O)C3C4C=CC(C4)C3C2=O)s1. The lowest BCUT2D eigenvalue weighted by Gasteiger charge is -2.28. The van der Waals surface area contributed by atoms with Gasteiger partial charge in [0.1, 0.15) is 5.01 Å². The molecule has 2 aromatic rings. The second kappa shape index (κ2) is 7.28. The van der Waals surface area contributed by atoms with Crippen LogP contribution in [0.3, 0.4) is 0 Å². The lowest BCUT2D eigenvalue weighted by Crippen LogP contribution is -2.38. The molecular weight excluding hydrogens is 424 g/mol. The van der Waals surface area contributed by atoms with E-state index in [1.807, 2.05) is 0 Å². The van der Waals surface area contributed by atoms with E-state index in [2.05, 4.69) is 27.7 Å². The number of benzene rings is 1. The highest BCUT2D eigenvalue weighted by Gasteiger charge is 2.60. The number of hydrogen-bond donors (Lipinski definition) is 1. The summed E-state index contributed by atoms with van der Waals surface area (Å²) in [6, 6.07) is 6.26. The molecule has 1 aliphatic heterocycles. The zero-order chi connectivity index (χ0) is 21.0. The van der Waals surface area contributed by atoms with E-state index in [0.717, 1.165) is 11.4 Å². The first-order valence-corrected chi connectivity index (χ1v) is 11.0. The average Bonchev–Trinajstić information content (AvgIpc) is 3.47. The molecule has 5 atom stereocenters. The fourth-order valence-electron chi connectivity index (χ4n) is 5.01. The van der Waals surface area contributed by atoms with E-state index in [1.54, 1.807) is 31.2 Å². The molecule has 7 nitrogen and oxygen atoms in total. The molecule has 1 saturated carbocycles. The topological polar surface area (TPSA) is 92.3 Å². The number of allylic oxidation sites excluding steroid dienone is 2. The van der Waals surface area contributed by atoms with Crippen molar-refractivity contribution in [3.8, 4) is 0 Å². The summed E-state index contributed by atoms with van der Waals surface area (Å²) in [7, 11) is 0. The maximum absolute atomic E-state index is 13.3. The Labute approximate surface area is 182 Å². The molecule has 3 amide bonds. The second-order valence-electron chi connectivity index (χ2n) is 7.96. The van der Waals surface area contributed by atoms with Crippen LogP contribution in [0.2, 0.25) is 5.02 Å². The van der Waals surface area contributed by atoms with Crippen molar-refractivity contribution in [3.05, 3.63) is 52.0 Å². The molecule has 3 aliphatic rings. The standard InChI is InChI=1S/C21H19ClN4O3S/c1-10-24-25-21(30-10)23-16(27)9-15(13-4-2-3-5-14(13)22)26-19(28)17-11-6-7-12(8-11)18(17)20(26)29/h2-7,11-12,15,17-18H,8-9H2,1H3,(H,23,25,27). The first-order chi connectivity index (χ1) is 14.4. The number of amides is 3. The number of aryl methyl sites for hydroxylation is 1. The van der Waals surface area contributed by atoms with Crippen LogP contribution in [-0.4, -0.2) is 32.8 Å². The van der Waals surface area contributed by atoms with E-state index in [9.17, 15) is 14.4 Å². The summed E-state index contributed by atoms with van der Waals surface area (Å²) in [6.45, 7) is 1.79. The molecule has 2 bridgehead atoms. The molecular formula is C21H19ClN4O3S. The molecule has 2 aliphatic carbocycles. The van der Waals surface area contributed by atoms with Gasteiger partial charge < -0.3 is 5.32 Å². The van der Waals surface area contributed by atoms with Gasteiger partial charge in [-0.05, 0) is 36.8 Å². The number of aromatic nitrogens is 2. The summed E-state index contributed by atoms with van der Waals surface area (Å²) in [6.07, 6.45) is 4.86. The molecule has 0 spiro atoms. The number of imide groups is 1. The van der Waals surface area contributed by atoms with Gasteiger partial charge in [0.15, 0.2) is 0 Å². The van der Waals surface area contributed by atoms with E-state index < -0.39 is 6.04 Å². The molecule has 2 fully saturated rings. The lowest BCUT2D eigenvalue weighted by molar-refractivity contribution is -0.144. The van der Waals surface area contributed by atoms with Gasteiger partial charge in [-0.25, -0.2) is 0 Å². The van der Waals surface area contributed by atoms with Crippen LogP contribution in [0.25, 0.3) is 0 Å². The number of carbonyl (C=O) groups excluding carboxylic acids is 3. The second-order valence-corrected chi connectivity index (χ2v) is 9.55. The Hall–Kier alpha value is -2.58. The highest BCUT2D eigenvalue weighted by molar-refractivity contribution is 7.15. The molecule has 2 heterocycles. The fraction of sp³-hybridized carbons (Fsp3) is 0.381. The maximum Gasteiger partial charge on any atom is 0.234 e. The van der Waals surface area contributed by atoms with Crippen LogP contribution >= 0.6 is 22.9 Å². The Morgan fingerprint density at radius 2 is 1.87 bits per heavy atom. The summed E-state index contributed by atoms with van der Waals surface area (Å²) in [5.41, 5.74) is 0.588. The summed E-state index contributed by atoms with van der Waals surface area (Å²) in [5.74, 6) is -1.21. The first kappa shape index (κ1) is 19.4. The molecule has 30 heavy (non-hydrogen) atoms. The summed E-state index contributed by atoms with van der Waals surface area (Å²) in [4.78, 5) is 40.7. The number of fused-ring (bicyclic) bond motifs is 5. The minimum atomic E-state index is -0.766. The smallest absolute Gasteiger partial charge is 0.234 e. The van der Waals surface area contributed by atoms with Crippen LogP contribution in [0.5, 0.6) is 0 Å². The van der Waals surface area contributed by atoms with Crippen molar-refractivity contribution < 1.29 is 14.4 Å². The van der Waals surface area contributed by atoms with E-state index in [1.165, 1.54) is 16.2 Å². The lowest BCUT2D eigenvalue weighted by atomic mass is 9.85. The Balaban J connectivity index is 1.46. The third-order valence-corrected chi connectivity index (χ3v) is 7.33. The van der Waals surface area contributed by atoms with Crippen molar-refractivity contribution in [2.24, 2.45) is 23.7 Å². The van der Waals surface area contributed by atoms with Gasteiger partial charge in [-0.2, -0.15) is 0 Å². The van der Waals surface area contributed by atoms with Crippen LogP contribution < -0.4 is 5.32 Å². The quantitative estimate of drug-likeness (QED) is 0.566. The predicted octanol–water partition coefficient (Wildman–Crippen LogP) is 3.38. The van der Waals surface area contributed by atoms with Crippen molar-refractivity contribution in [1.29, 1.82) is 0 Å². The fourth-order valence-corrected chi connectivity index (χ4v) is 5.88. The van der Waals surface area contributed by atoms with Gasteiger partial charge in [-0.15, -0.1) is 10.2 Å². The molecule has 1 saturated heterocycles. The highest BCUT2D eigenvalue weighted by atomic mass is 35.5. The largest absolute Gasteiger partial charge is 0.300 e. The van der Waals surface area contributed by atoms with Crippen LogP contribution in [0.15, 0.2) is 36.4 Å². The van der Waals surface area contributed by atoms with E-state index >= 15 is 0 Å². The van der Waals surface area contributed by atoms with Crippen molar-refractivity contribution in [2.45, 2.75) is 25.8 Å². The Kier molecular flexibility index (Phi) is 4.71. The van der Waals surface area contributed by atoms with Gasteiger partial charge in [0, 0.05) is 5.02 Å². The van der Waals surface area contributed by atoms with Crippen molar-refractivity contribution in [1.82, 2.24) is 15.1 Å². The number of rotatable bonds is 5. The zero-order valence-corrected chi connectivity index (χ0v) is 17.7. The molecule has 1 aromatic carbocycles. The minimum Gasteiger partial charge on any atom is -0.300 e. The Bertz CT molecular complexity index is 1050. The average molecular weight is 443 g/mol. The predicted molar refractivity (Wildman–Crippen MR) is 112 cm³/mol. The Morgan fingerprint density at radius 3 is 2.47 bits per heavy atom. The first-order valence-electron chi connectivity index (χ1n) is 9.83. The molecule has 5 rings (SSSR count). The van der Waals surface area contributed by atoms with E-state index in [-0.39, 0.29) is 47.8 Å². The minimum absolute atomic E-state index is 0.0952. The van der Waals surface area contributed by atoms with Crippen LogP contribution in [-0.2, 0) is 14.4 Å². The van der Waals surface area contributed by atoms with Gasteiger partial charge in [0.05, 0.1) is 24.3 Å². The van der Waals surface area contributed by atoms with Crippen molar-refractivity contribution in [2.75, 3.05) is 5.32 Å². The molecule has 1 aromatic heterocycles. The van der Waals surface area contributed by atoms with Crippen LogP contribution in [0, 0.1) is 30.6 Å². The molecule has 154 valence electrons. The number of likely N-dealkylation sites (tertiary alicyclic amines) is 1. The van der Waals surface area contributed by atoms with Gasteiger partial charge >= 0.3 is 0 Å². The maximum atomic E-state index is 13.3. The van der Waals surface area contributed by atoms with Gasteiger partial charge in [-0.3, -0.25) is 19.3 Å². The number of nitrogens with one attached hydrogen (secondary N) is 1. The summed E-state index contributed by atoms with van der Waals surface area (Å²) >= 11 is 7.68. The molecule has 9 heteroatoms. The van der Waals surface area contributed by atoms with E-state index in [0.29, 0.717) is 15.7 Å². The van der Waals surface area contributed by atoms with Crippen LogP contribution in [0.1, 0.15) is 29.5 Å². The van der Waals surface area contributed by atoms with Gasteiger partial charge in [-0.1, -0.05) is 53.3 Å². The molecule has 1 N–H and O–H groups in total. The van der Waals surface area contributed by atoms with Gasteiger partial charge in [0.25, 0.3) is 0 Å². The highest BCUT2D eigenvalue weighted by Crippen LogP contribution is 2.54. The number of hydrogen-bond acceptors (Lipinski definition) is 6. The normalized spacial score (nSPS) is 27.6. The van der Waals surface area contributed by atoms with E-state index in [4.69, 9.17) is 11.6 Å². The van der Waals surface area contributed by atoms with Gasteiger partial charge in [0.2, 0.25) is 22.9 Å². The number of anilines is 1. The Morgan fingerprint density at radius 1 is 1.20 bits per heavy atom. The van der Waals surface area contributed by atoms with Crippen LogP contribution in [0.4, 0.5) is 5.13 Å².